The van der Waals surface area contributed by atoms with Gasteiger partial charge in [-0.05, 0) is 35.1 Å². The highest BCUT2D eigenvalue weighted by Gasteiger charge is 2.40. The molecule has 1 fully saturated rings. The molecule has 0 radical (unpaired) electrons. The molecule has 5 rings (SSSR count). The highest BCUT2D eigenvalue weighted by Crippen LogP contribution is 2.48. The lowest BCUT2D eigenvalue weighted by atomic mass is 9.84. The number of thioether (sulfide) groups is 1. The van der Waals surface area contributed by atoms with Crippen molar-refractivity contribution < 1.29 is 28.8 Å². The van der Waals surface area contributed by atoms with Gasteiger partial charge in [0.15, 0.2) is 0 Å². The molecule has 12 nitrogen and oxygen atoms in total. The quantitative estimate of drug-likeness (QED) is 0.111. The molecule has 334 valence electrons. The van der Waals surface area contributed by atoms with Gasteiger partial charge in [-0.2, -0.15) is 0 Å². The van der Waals surface area contributed by atoms with Crippen LogP contribution in [0.15, 0.2) is 121 Å². The number of likely N-dealkylation sites (N-methyl/N-ethyl adjacent to an activating group) is 3. The average Bonchev–Trinajstić information content (AvgIpc) is 3.30. The van der Waals surface area contributed by atoms with Gasteiger partial charge in [-0.25, -0.2) is 0 Å². The molecule has 4 aromatic carbocycles. The monoisotopic (exact) mass is 874 g/mol. The Morgan fingerprint density at radius 1 is 0.556 bits per heavy atom. The second-order valence-electron chi connectivity index (χ2n) is 16.2. The Labute approximate surface area is 376 Å². The summed E-state index contributed by atoms with van der Waals surface area (Å²) < 4.78 is -0.828. The lowest BCUT2D eigenvalue weighted by Gasteiger charge is -2.37. The minimum atomic E-state index is -1.14. The molecule has 0 aliphatic carbocycles. The summed E-state index contributed by atoms with van der Waals surface area (Å²) in [6, 6.07) is 35.0. The molecule has 0 aromatic heterocycles. The Kier molecular flexibility index (Phi) is 17.9. The first kappa shape index (κ1) is 48.1. The molecule has 3 N–H and O–H groups in total. The van der Waals surface area contributed by atoms with E-state index in [1.807, 2.05) is 121 Å². The summed E-state index contributed by atoms with van der Waals surface area (Å²) >= 11 is 1.48. The van der Waals surface area contributed by atoms with Crippen molar-refractivity contribution in [2.45, 2.75) is 87.7 Å². The third-order valence-corrected chi connectivity index (χ3v) is 13.2. The Morgan fingerprint density at radius 2 is 1.02 bits per heavy atom. The van der Waals surface area contributed by atoms with Crippen LogP contribution < -0.4 is 16.0 Å². The molecule has 0 saturated carbocycles. The van der Waals surface area contributed by atoms with Gasteiger partial charge in [0.2, 0.25) is 35.4 Å². The average molecular weight is 875 g/mol. The fourth-order valence-corrected chi connectivity index (χ4v) is 9.58. The first-order valence-corrected chi connectivity index (χ1v) is 22.9. The summed E-state index contributed by atoms with van der Waals surface area (Å²) in [5.41, 5.74) is 3.69. The zero-order valence-electron chi connectivity index (χ0n) is 37.1. The number of nitrogens with one attached hydrogen (secondary N) is 3. The summed E-state index contributed by atoms with van der Waals surface area (Å²) in [5.74, 6) is -3.08. The van der Waals surface area contributed by atoms with E-state index in [0.29, 0.717) is 12.8 Å². The molecule has 0 unspecified atom stereocenters. The maximum absolute atomic E-state index is 14.6. The second kappa shape index (κ2) is 23.5. The van der Waals surface area contributed by atoms with E-state index < -0.39 is 77.4 Å². The maximum Gasteiger partial charge on any atom is 0.246 e. The molecule has 63 heavy (non-hydrogen) atoms. The van der Waals surface area contributed by atoms with Crippen molar-refractivity contribution in [3.63, 3.8) is 0 Å². The van der Waals surface area contributed by atoms with Crippen molar-refractivity contribution in [3.05, 3.63) is 144 Å². The van der Waals surface area contributed by atoms with Gasteiger partial charge in [0.25, 0.3) is 0 Å². The molecule has 1 aliphatic heterocycles. The van der Waals surface area contributed by atoms with E-state index in [4.69, 9.17) is 0 Å². The fraction of sp³-hybridized carbons (Fsp3) is 0.400. The van der Waals surface area contributed by atoms with Crippen molar-refractivity contribution >= 4 is 47.2 Å². The number of benzene rings is 4. The zero-order valence-corrected chi connectivity index (χ0v) is 37.9. The normalized spacial score (nSPS) is 20.1. The van der Waals surface area contributed by atoms with Gasteiger partial charge >= 0.3 is 0 Å². The van der Waals surface area contributed by atoms with Crippen molar-refractivity contribution in [1.29, 1.82) is 0 Å². The zero-order chi connectivity index (χ0) is 45.4. The third-order valence-electron chi connectivity index (χ3n) is 11.5. The van der Waals surface area contributed by atoms with Gasteiger partial charge in [-0.15, -0.1) is 11.8 Å². The predicted octanol–water partition coefficient (Wildman–Crippen LogP) is 5.55. The largest absolute Gasteiger partial charge is 0.343 e. The Morgan fingerprint density at radius 3 is 1.49 bits per heavy atom. The fourth-order valence-electron chi connectivity index (χ4n) is 8.03. The molecule has 0 bridgehead atoms. The highest BCUT2D eigenvalue weighted by atomic mass is 32.2. The van der Waals surface area contributed by atoms with Crippen molar-refractivity contribution in [1.82, 2.24) is 30.7 Å². The number of rotatable bonds is 14. The molecule has 6 amide bonds. The first-order chi connectivity index (χ1) is 30.4. The van der Waals surface area contributed by atoms with Crippen LogP contribution in [-0.4, -0.2) is 114 Å². The van der Waals surface area contributed by atoms with Crippen molar-refractivity contribution in [2.75, 3.05) is 40.0 Å². The van der Waals surface area contributed by atoms with E-state index in [9.17, 15) is 28.8 Å². The van der Waals surface area contributed by atoms with Gasteiger partial charge in [0.05, 0.1) is 17.8 Å². The molecule has 1 heterocycles. The number of hydrogen-bond donors (Lipinski definition) is 3. The summed E-state index contributed by atoms with van der Waals surface area (Å²) in [6.07, 6.45) is 4.11. The Bertz CT molecular complexity index is 2030. The summed E-state index contributed by atoms with van der Waals surface area (Å²) in [6.45, 7) is 3.04. The third kappa shape index (κ3) is 12.6. The molecule has 4 aromatic rings. The van der Waals surface area contributed by atoms with E-state index in [0.717, 1.165) is 41.5 Å². The molecule has 4 atom stereocenters. The van der Waals surface area contributed by atoms with Crippen LogP contribution in [0, 0.1) is 0 Å². The molecule has 13 heteroatoms. The van der Waals surface area contributed by atoms with Gasteiger partial charge < -0.3 is 30.7 Å². The van der Waals surface area contributed by atoms with Crippen LogP contribution in [0.1, 0.15) is 74.6 Å². The van der Waals surface area contributed by atoms with Crippen LogP contribution >= 0.6 is 11.8 Å². The first-order valence-electron chi connectivity index (χ1n) is 21.9. The Balaban J connectivity index is 1.52. The minimum Gasteiger partial charge on any atom is -0.343 e. The lowest BCUT2D eigenvalue weighted by Crippen LogP contribution is -2.59. The van der Waals surface area contributed by atoms with Crippen LogP contribution in [-0.2, 0) is 39.9 Å². The SMILES string of the molecule is CCCCCC[C@@H]1NC(=O)[C@H](Cc2ccccc2)N(C)C(=O)[C@H](CC)NC(=O)CN(C)C(=O)[C@H](CSC(c2ccccc2)(c2ccccc2)c2ccccc2)NC(=O)CN(C)C1=O. The van der Waals surface area contributed by atoms with Crippen molar-refractivity contribution in [2.24, 2.45) is 0 Å². The highest BCUT2D eigenvalue weighted by molar-refractivity contribution is 8.00. The van der Waals surface area contributed by atoms with Crippen LogP contribution in [0.3, 0.4) is 0 Å². The van der Waals surface area contributed by atoms with E-state index >= 15 is 0 Å². The van der Waals surface area contributed by atoms with Crippen LogP contribution in [0.5, 0.6) is 0 Å². The van der Waals surface area contributed by atoms with E-state index in [2.05, 4.69) is 22.9 Å². The molecule has 0 spiro atoms. The topological polar surface area (TPSA) is 148 Å². The number of amides is 6. The van der Waals surface area contributed by atoms with E-state index in [1.54, 1.807) is 6.92 Å². The molecule has 1 aliphatic rings. The van der Waals surface area contributed by atoms with Gasteiger partial charge in [-0.1, -0.05) is 161 Å². The lowest BCUT2D eigenvalue weighted by molar-refractivity contribution is -0.144. The van der Waals surface area contributed by atoms with E-state index in [1.165, 1.54) is 47.6 Å². The van der Waals surface area contributed by atoms with Crippen LogP contribution in [0.4, 0.5) is 0 Å². The van der Waals surface area contributed by atoms with Crippen LogP contribution in [0.2, 0.25) is 0 Å². The number of unbranched alkanes of at least 4 members (excludes halogenated alkanes) is 3. The van der Waals surface area contributed by atoms with Crippen molar-refractivity contribution in [3.8, 4) is 0 Å². The molecule has 1 saturated heterocycles. The Hall–Kier alpha value is -5.95. The van der Waals surface area contributed by atoms with E-state index in [-0.39, 0.29) is 18.6 Å². The smallest absolute Gasteiger partial charge is 0.246 e. The number of carbonyl (C=O) groups excluding carboxylic acids is 6. The molecular weight excluding hydrogens is 813 g/mol. The van der Waals surface area contributed by atoms with Gasteiger partial charge in [0.1, 0.15) is 24.2 Å². The maximum atomic E-state index is 14.6. The number of carbonyl (C=O) groups is 6. The van der Waals surface area contributed by atoms with Gasteiger partial charge in [0, 0.05) is 33.3 Å². The van der Waals surface area contributed by atoms with Crippen LogP contribution in [0.25, 0.3) is 0 Å². The number of hydrogen-bond acceptors (Lipinski definition) is 7. The molecular formula is C50H62N6O6S. The van der Waals surface area contributed by atoms with Gasteiger partial charge in [-0.3, -0.25) is 28.8 Å². The standard InChI is InChI=1S/C50H62N6O6S/c1-6-8-9-22-31-41-47(60)54(3)34-45(58)52-42(35-63-50(37-25-16-11-17-26-37,38-27-18-12-19-28-38)39-29-20-13-21-30-39)48(61)55(4)33-44(57)51-40(7-2)49(62)56(5)43(46(59)53-41)32-36-23-14-10-15-24-36/h10-21,23-30,40-43H,6-9,22,31-35H2,1-5H3,(H,51,57)(H,52,58)(H,53,59)/t40-,41-,42-,43-/m0/s1. The predicted molar refractivity (Wildman–Crippen MR) is 248 cm³/mol. The summed E-state index contributed by atoms with van der Waals surface area (Å²) in [5, 5.41) is 8.67. The minimum absolute atomic E-state index is 0.0760. The summed E-state index contributed by atoms with van der Waals surface area (Å²) in [4.78, 5) is 89.0. The second-order valence-corrected chi connectivity index (χ2v) is 17.4. The summed E-state index contributed by atoms with van der Waals surface area (Å²) in [7, 11) is 4.51. The number of nitrogens with zero attached hydrogens (tertiary/aromatic N) is 3.